The molecule has 0 aliphatic carbocycles. The fourth-order valence-corrected chi connectivity index (χ4v) is 3.88. The summed E-state index contributed by atoms with van der Waals surface area (Å²) >= 11 is 5.97. The lowest BCUT2D eigenvalue weighted by atomic mass is 9.89. The van der Waals surface area contributed by atoms with E-state index in [-0.39, 0.29) is 11.9 Å². The summed E-state index contributed by atoms with van der Waals surface area (Å²) in [6.45, 7) is 4.56. The minimum absolute atomic E-state index is 0.173. The van der Waals surface area contributed by atoms with E-state index in [9.17, 15) is 9.59 Å². The van der Waals surface area contributed by atoms with Crippen molar-refractivity contribution in [2.45, 2.75) is 26.0 Å². The van der Waals surface area contributed by atoms with Crippen LogP contribution in [0.2, 0.25) is 5.02 Å². The molecule has 1 aliphatic heterocycles. The summed E-state index contributed by atoms with van der Waals surface area (Å²) < 4.78 is 16.6. The maximum Gasteiger partial charge on any atom is 0.338 e. The molecular formula is C26H24ClNO5. The number of hydrogen-bond acceptors (Lipinski definition) is 5. The molecule has 4 rings (SSSR count). The van der Waals surface area contributed by atoms with Crippen molar-refractivity contribution in [2.75, 3.05) is 18.1 Å². The van der Waals surface area contributed by atoms with Crippen molar-refractivity contribution in [3.8, 4) is 11.5 Å². The molecule has 1 amide bonds. The van der Waals surface area contributed by atoms with Crippen molar-refractivity contribution in [2.24, 2.45) is 0 Å². The zero-order valence-corrected chi connectivity index (χ0v) is 19.1. The van der Waals surface area contributed by atoms with Gasteiger partial charge in [-0.2, -0.15) is 0 Å². The Labute approximate surface area is 197 Å². The van der Waals surface area contributed by atoms with Gasteiger partial charge in [-0.25, -0.2) is 4.79 Å². The average molecular weight is 466 g/mol. The molecule has 3 aromatic rings. The molecule has 7 heteroatoms. The largest absolute Gasteiger partial charge is 0.494 e. The number of benzene rings is 3. The molecule has 1 heterocycles. The van der Waals surface area contributed by atoms with Crippen LogP contribution in [0.15, 0.2) is 72.8 Å². The third-order valence-corrected chi connectivity index (χ3v) is 5.56. The molecule has 170 valence electrons. The van der Waals surface area contributed by atoms with Crippen LogP contribution >= 0.6 is 11.6 Å². The highest BCUT2D eigenvalue weighted by atomic mass is 35.5. The number of β-lactam (4-membered cyclic amide) rings is 1. The second kappa shape index (κ2) is 9.96. The Hall–Kier alpha value is -3.51. The molecule has 0 aromatic heterocycles. The number of halogens is 1. The highest BCUT2D eigenvalue weighted by molar-refractivity contribution is 6.30. The van der Waals surface area contributed by atoms with Crippen molar-refractivity contribution in [3.05, 3.63) is 88.9 Å². The zero-order chi connectivity index (χ0) is 23.4. The van der Waals surface area contributed by atoms with Crippen LogP contribution in [-0.4, -0.2) is 31.2 Å². The van der Waals surface area contributed by atoms with Crippen LogP contribution < -0.4 is 14.4 Å². The third-order valence-electron chi connectivity index (χ3n) is 5.31. The maximum absolute atomic E-state index is 13.2. The lowest BCUT2D eigenvalue weighted by Gasteiger charge is -2.46. The molecule has 6 nitrogen and oxygen atoms in total. The Kier molecular flexibility index (Phi) is 6.84. The van der Waals surface area contributed by atoms with Crippen molar-refractivity contribution in [3.63, 3.8) is 0 Å². The highest BCUT2D eigenvalue weighted by Crippen LogP contribution is 2.41. The smallest absolute Gasteiger partial charge is 0.338 e. The summed E-state index contributed by atoms with van der Waals surface area (Å²) in [5, 5.41) is 0.591. The van der Waals surface area contributed by atoms with Crippen molar-refractivity contribution < 1.29 is 23.8 Å². The summed E-state index contributed by atoms with van der Waals surface area (Å²) in [5.41, 5.74) is 2.01. The van der Waals surface area contributed by atoms with Gasteiger partial charge in [0.15, 0.2) is 0 Å². The van der Waals surface area contributed by atoms with E-state index in [1.165, 1.54) is 0 Å². The molecule has 1 saturated heterocycles. The number of carbonyl (C=O) groups is 2. The second-order valence-corrected chi connectivity index (χ2v) is 7.85. The summed E-state index contributed by atoms with van der Waals surface area (Å²) in [4.78, 5) is 26.8. The van der Waals surface area contributed by atoms with E-state index >= 15 is 0 Å². The van der Waals surface area contributed by atoms with Crippen LogP contribution in [0.5, 0.6) is 11.5 Å². The second-order valence-electron chi connectivity index (χ2n) is 7.41. The van der Waals surface area contributed by atoms with Gasteiger partial charge in [-0.15, -0.1) is 0 Å². The Morgan fingerprint density at radius 1 is 0.879 bits per heavy atom. The number of anilines is 1. The first kappa shape index (κ1) is 22.7. The van der Waals surface area contributed by atoms with Crippen LogP contribution in [0.1, 0.15) is 35.8 Å². The highest BCUT2D eigenvalue weighted by Gasteiger charge is 2.51. The monoisotopic (exact) mass is 465 g/mol. The van der Waals surface area contributed by atoms with Gasteiger partial charge in [0.05, 0.1) is 18.8 Å². The van der Waals surface area contributed by atoms with Crippen LogP contribution in [0, 0.1) is 0 Å². The molecule has 1 aliphatic rings. The van der Waals surface area contributed by atoms with E-state index in [1.54, 1.807) is 60.4 Å². The summed E-state index contributed by atoms with van der Waals surface area (Å²) in [6, 6.07) is 21.0. The Morgan fingerprint density at radius 2 is 1.52 bits per heavy atom. The SMILES string of the molecule is CCOC(=O)c1ccc(N2C(=O)[C@@H](Oc3ccc(Cl)cc3)[C@@H]2c2ccc(OCC)cc2)cc1. The predicted molar refractivity (Wildman–Crippen MR) is 126 cm³/mol. The number of amides is 1. The quantitative estimate of drug-likeness (QED) is 0.327. The van der Waals surface area contributed by atoms with Crippen molar-refractivity contribution in [1.82, 2.24) is 0 Å². The number of ether oxygens (including phenoxy) is 3. The maximum atomic E-state index is 13.2. The standard InChI is InChI=1S/C26H24ClNO5/c1-3-31-21-13-7-17(8-14-21)23-24(33-22-15-9-19(27)10-16-22)25(29)28(23)20-11-5-18(6-12-20)26(30)32-4-2/h5-16,23-24H,3-4H2,1-2H3/t23-,24-/m0/s1. The van der Waals surface area contributed by atoms with Gasteiger partial charge in [-0.05, 0) is 80.1 Å². The molecule has 1 fully saturated rings. The van der Waals surface area contributed by atoms with Gasteiger partial charge >= 0.3 is 5.97 Å². The number of hydrogen-bond donors (Lipinski definition) is 0. The van der Waals surface area contributed by atoms with E-state index in [0.717, 1.165) is 11.3 Å². The van der Waals surface area contributed by atoms with Crippen LogP contribution in [0.3, 0.4) is 0 Å². The first-order valence-electron chi connectivity index (χ1n) is 10.8. The van der Waals surface area contributed by atoms with Crippen LogP contribution in [-0.2, 0) is 9.53 Å². The molecule has 0 radical (unpaired) electrons. The van der Waals surface area contributed by atoms with Crippen molar-refractivity contribution >= 4 is 29.2 Å². The van der Waals surface area contributed by atoms with Crippen LogP contribution in [0.25, 0.3) is 0 Å². The van der Waals surface area contributed by atoms with Gasteiger partial charge in [0.25, 0.3) is 5.91 Å². The molecule has 0 bridgehead atoms. The summed E-state index contributed by atoms with van der Waals surface area (Å²) in [7, 11) is 0. The number of nitrogens with zero attached hydrogens (tertiary/aromatic N) is 1. The fraction of sp³-hybridized carbons (Fsp3) is 0.231. The molecule has 33 heavy (non-hydrogen) atoms. The predicted octanol–water partition coefficient (Wildman–Crippen LogP) is 5.45. The number of rotatable bonds is 8. The van der Waals surface area contributed by atoms with Crippen molar-refractivity contribution in [1.29, 1.82) is 0 Å². The Bertz CT molecular complexity index is 1110. The first-order valence-corrected chi connectivity index (χ1v) is 11.1. The van der Waals surface area contributed by atoms with Gasteiger partial charge in [-0.1, -0.05) is 23.7 Å². The summed E-state index contributed by atoms with van der Waals surface area (Å²) in [5.74, 6) is 0.747. The molecule has 0 spiro atoms. The molecule has 0 N–H and O–H groups in total. The molecule has 0 saturated carbocycles. The van der Waals surface area contributed by atoms with Gasteiger partial charge in [0.2, 0.25) is 6.10 Å². The Morgan fingerprint density at radius 3 is 2.12 bits per heavy atom. The number of carbonyl (C=O) groups excluding carboxylic acids is 2. The van der Waals surface area contributed by atoms with Gasteiger partial charge < -0.3 is 14.2 Å². The van der Waals surface area contributed by atoms with E-state index in [2.05, 4.69) is 0 Å². The fourth-order valence-electron chi connectivity index (χ4n) is 3.75. The first-order chi connectivity index (χ1) is 16.0. The average Bonchev–Trinajstić information content (AvgIpc) is 2.83. The van der Waals surface area contributed by atoms with E-state index in [0.29, 0.717) is 35.2 Å². The van der Waals surface area contributed by atoms with E-state index < -0.39 is 12.1 Å². The zero-order valence-electron chi connectivity index (χ0n) is 18.4. The lowest BCUT2D eigenvalue weighted by Crippen LogP contribution is -2.61. The summed E-state index contributed by atoms with van der Waals surface area (Å²) in [6.07, 6.45) is -0.700. The normalized spacial score (nSPS) is 17.3. The van der Waals surface area contributed by atoms with E-state index in [4.69, 9.17) is 25.8 Å². The Balaban J connectivity index is 1.62. The third kappa shape index (κ3) is 4.81. The molecular weight excluding hydrogens is 442 g/mol. The molecule has 0 unspecified atom stereocenters. The van der Waals surface area contributed by atoms with Crippen LogP contribution in [0.4, 0.5) is 5.69 Å². The number of esters is 1. The molecule has 2 atom stereocenters. The minimum atomic E-state index is -0.700. The minimum Gasteiger partial charge on any atom is -0.494 e. The van der Waals surface area contributed by atoms with E-state index in [1.807, 2.05) is 31.2 Å². The lowest BCUT2D eigenvalue weighted by molar-refractivity contribution is -0.135. The van der Waals surface area contributed by atoms with Gasteiger partial charge in [0.1, 0.15) is 17.5 Å². The van der Waals surface area contributed by atoms with Gasteiger partial charge in [-0.3, -0.25) is 9.69 Å². The molecule has 3 aromatic carbocycles. The van der Waals surface area contributed by atoms with Gasteiger partial charge in [0, 0.05) is 10.7 Å². The topological polar surface area (TPSA) is 65.1 Å².